The van der Waals surface area contributed by atoms with E-state index in [-0.39, 0.29) is 17.9 Å². The molecule has 0 aliphatic heterocycles. The molecule has 6 heteroatoms. The molecule has 1 saturated carbocycles. The highest BCUT2D eigenvalue weighted by Crippen LogP contribution is 2.26. The van der Waals surface area contributed by atoms with Crippen LogP contribution in [-0.4, -0.2) is 29.3 Å². The maximum absolute atomic E-state index is 11.6. The second-order valence-electron chi connectivity index (χ2n) is 5.00. The van der Waals surface area contributed by atoms with E-state index in [1.165, 1.54) is 6.42 Å². The van der Waals surface area contributed by atoms with E-state index in [1.807, 2.05) is 0 Å². The molecule has 0 heterocycles. The van der Waals surface area contributed by atoms with Gasteiger partial charge >= 0.3 is 6.09 Å². The number of amidine groups is 1. The van der Waals surface area contributed by atoms with Gasteiger partial charge in [-0.05, 0) is 32.6 Å². The van der Waals surface area contributed by atoms with E-state index in [2.05, 4.69) is 10.5 Å². The topological polar surface area (TPSA) is 96.9 Å². The van der Waals surface area contributed by atoms with Crippen molar-refractivity contribution < 1.29 is 14.7 Å². The fourth-order valence-corrected chi connectivity index (χ4v) is 2.34. The molecule has 1 aliphatic rings. The van der Waals surface area contributed by atoms with E-state index in [0.717, 1.165) is 25.7 Å². The Labute approximate surface area is 108 Å². The Morgan fingerprint density at radius 1 is 1.39 bits per heavy atom. The molecule has 1 atom stereocenters. The van der Waals surface area contributed by atoms with Crippen molar-refractivity contribution in [3.8, 4) is 0 Å². The van der Waals surface area contributed by atoms with Crippen molar-refractivity contribution in [2.75, 3.05) is 0 Å². The molecule has 1 aliphatic carbocycles. The van der Waals surface area contributed by atoms with Crippen LogP contribution in [0, 0.1) is 5.92 Å². The zero-order valence-corrected chi connectivity index (χ0v) is 11.1. The second-order valence-corrected chi connectivity index (χ2v) is 5.00. The summed E-state index contributed by atoms with van der Waals surface area (Å²) in [4.78, 5) is 11.6. The summed E-state index contributed by atoms with van der Waals surface area (Å²) in [6.45, 7) is 3.55. The fraction of sp³-hybridized carbons (Fsp3) is 0.833. The zero-order valence-electron chi connectivity index (χ0n) is 11.1. The first kappa shape index (κ1) is 14.6. The maximum Gasteiger partial charge on any atom is 0.407 e. The minimum Gasteiger partial charge on any atom is -0.447 e. The third kappa shape index (κ3) is 4.43. The second kappa shape index (κ2) is 7.08. The number of amides is 1. The molecule has 1 rings (SSSR count). The summed E-state index contributed by atoms with van der Waals surface area (Å²) in [6, 6.07) is -0.443. The van der Waals surface area contributed by atoms with Crippen molar-refractivity contribution >= 4 is 11.9 Å². The number of carbonyl (C=O) groups is 1. The first-order valence-electron chi connectivity index (χ1n) is 6.49. The molecule has 104 valence electrons. The van der Waals surface area contributed by atoms with Crippen LogP contribution in [0.4, 0.5) is 4.79 Å². The van der Waals surface area contributed by atoms with Crippen LogP contribution in [0.5, 0.6) is 0 Å². The molecule has 1 amide bonds. The molecule has 4 N–H and O–H groups in total. The van der Waals surface area contributed by atoms with Crippen molar-refractivity contribution in [2.24, 2.45) is 16.8 Å². The van der Waals surface area contributed by atoms with Crippen molar-refractivity contribution in [3.05, 3.63) is 0 Å². The van der Waals surface area contributed by atoms with Gasteiger partial charge in [0.05, 0.1) is 12.1 Å². The molecule has 0 bridgehead atoms. The van der Waals surface area contributed by atoms with Crippen molar-refractivity contribution in [2.45, 2.75) is 58.1 Å². The lowest BCUT2D eigenvalue weighted by Gasteiger charge is -2.29. The van der Waals surface area contributed by atoms with E-state index in [0.29, 0.717) is 0 Å². The van der Waals surface area contributed by atoms with Crippen LogP contribution in [0.1, 0.15) is 46.0 Å². The summed E-state index contributed by atoms with van der Waals surface area (Å²) in [5.74, 6) is 0.261. The van der Waals surface area contributed by atoms with Gasteiger partial charge in [-0.15, -0.1) is 0 Å². The van der Waals surface area contributed by atoms with Crippen LogP contribution in [0.25, 0.3) is 0 Å². The van der Waals surface area contributed by atoms with Gasteiger partial charge in [0, 0.05) is 0 Å². The summed E-state index contributed by atoms with van der Waals surface area (Å²) < 4.78 is 5.02. The highest BCUT2D eigenvalue weighted by Gasteiger charge is 2.29. The molecule has 0 spiro atoms. The molecular formula is C12H23N3O3. The molecule has 0 aromatic heterocycles. The van der Waals surface area contributed by atoms with Crippen molar-refractivity contribution in [1.82, 2.24) is 5.32 Å². The van der Waals surface area contributed by atoms with Gasteiger partial charge in [-0.2, -0.15) is 0 Å². The molecule has 0 aromatic carbocycles. The summed E-state index contributed by atoms with van der Waals surface area (Å²) >= 11 is 0. The van der Waals surface area contributed by atoms with Gasteiger partial charge in [-0.1, -0.05) is 24.4 Å². The lowest BCUT2D eigenvalue weighted by Crippen LogP contribution is -2.50. The van der Waals surface area contributed by atoms with E-state index in [4.69, 9.17) is 15.7 Å². The molecule has 0 aromatic rings. The monoisotopic (exact) mass is 257 g/mol. The molecular weight excluding hydrogens is 234 g/mol. The lowest BCUT2D eigenvalue weighted by molar-refractivity contribution is 0.110. The van der Waals surface area contributed by atoms with Gasteiger partial charge in [-0.3, -0.25) is 0 Å². The molecule has 1 fully saturated rings. The largest absolute Gasteiger partial charge is 0.447 e. The van der Waals surface area contributed by atoms with E-state index >= 15 is 0 Å². The average molecular weight is 257 g/mol. The third-order valence-corrected chi connectivity index (χ3v) is 3.17. The quantitative estimate of drug-likeness (QED) is 0.310. The van der Waals surface area contributed by atoms with Crippen molar-refractivity contribution in [3.63, 3.8) is 0 Å². The van der Waals surface area contributed by atoms with E-state index in [9.17, 15) is 4.79 Å². The number of hydrogen-bond donors (Lipinski definition) is 3. The number of hydrogen-bond acceptors (Lipinski definition) is 4. The number of nitrogens with one attached hydrogen (secondary N) is 1. The zero-order chi connectivity index (χ0) is 13.5. The maximum atomic E-state index is 11.6. The van der Waals surface area contributed by atoms with E-state index < -0.39 is 12.1 Å². The van der Waals surface area contributed by atoms with Gasteiger partial charge < -0.3 is 21.0 Å². The third-order valence-electron chi connectivity index (χ3n) is 3.17. The number of rotatable bonds is 4. The van der Waals surface area contributed by atoms with Gasteiger partial charge in [0.15, 0.2) is 5.84 Å². The predicted octanol–water partition coefficient (Wildman–Crippen LogP) is 1.82. The van der Waals surface area contributed by atoms with Crippen LogP contribution >= 0.6 is 0 Å². The Morgan fingerprint density at radius 3 is 2.50 bits per heavy atom. The van der Waals surface area contributed by atoms with Crippen LogP contribution in [0.2, 0.25) is 0 Å². The summed E-state index contributed by atoms with van der Waals surface area (Å²) in [5, 5.41) is 14.5. The Kier molecular flexibility index (Phi) is 5.74. The highest BCUT2D eigenvalue weighted by molar-refractivity contribution is 5.88. The predicted molar refractivity (Wildman–Crippen MR) is 68.5 cm³/mol. The molecule has 0 radical (unpaired) electrons. The lowest BCUT2D eigenvalue weighted by atomic mass is 9.83. The molecule has 0 saturated heterocycles. The first-order valence-corrected chi connectivity index (χ1v) is 6.49. The van der Waals surface area contributed by atoms with Gasteiger partial charge in [0.25, 0.3) is 0 Å². The van der Waals surface area contributed by atoms with Gasteiger partial charge in [-0.25, -0.2) is 4.79 Å². The summed E-state index contributed by atoms with van der Waals surface area (Å²) in [6.07, 6.45) is 4.67. The first-order chi connectivity index (χ1) is 8.54. The fourth-order valence-electron chi connectivity index (χ4n) is 2.34. The minimum atomic E-state index is -0.521. The number of ether oxygens (including phenoxy) is 1. The van der Waals surface area contributed by atoms with Crippen LogP contribution < -0.4 is 11.1 Å². The number of nitrogens with two attached hydrogens (primary N) is 1. The normalized spacial score (nSPS) is 19.6. The Balaban J connectivity index is 2.63. The standard InChI is InChI=1S/C12H23N3O3/c1-8(2)18-12(16)14-10(11(13)15-17)9-6-4-3-5-7-9/h8-10,17H,3-7H2,1-2H3,(H2,13,15)(H,14,16). The van der Waals surface area contributed by atoms with Crippen molar-refractivity contribution in [1.29, 1.82) is 0 Å². The Bertz CT molecular complexity index is 299. The average Bonchev–Trinajstić information content (AvgIpc) is 2.35. The number of oxime groups is 1. The number of nitrogens with zero attached hydrogens (tertiary/aromatic N) is 1. The van der Waals surface area contributed by atoms with Gasteiger partial charge in [0.2, 0.25) is 0 Å². The number of alkyl carbamates (subject to hydrolysis) is 1. The van der Waals surface area contributed by atoms with Crippen LogP contribution in [0.3, 0.4) is 0 Å². The molecule has 18 heavy (non-hydrogen) atoms. The van der Waals surface area contributed by atoms with E-state index in [1.54, 1.807) is 13.8 Å². The molecule has 6 nitrogen and oxygen atoms in total. The van der Waals surface area contributed by atoms with Crippen LogP contribution in [-0.2, 0) is 4.74 Å². The minimum absolute atomic E-state index is 0.0441. The summed E-state index contributed by atoms with van der Waals surface area (Å²) in [7, 11) is 0. The Hall–Kier alpha value is -1.46. The smallest absolute Gasteiger partial charge is 0.407 e. The van der Waals surface area contributed by atoms with Crippen LogP contribution in [0.15, 0.2) is 5.16 Å². The number of carbonyl (C=O) groups excluding carboxylic acids is 1. The van der Waals surface area contributed by atoms with Gasteiger partial charge in [0.1, 0.15) is 0 Å². The summed E-state index contributed by atoms with van der Waals surface area (Å²) in [5.41, 5.74) is 5.66. The highest BCUT2D eigenvalue weighted by atomic mass is 16.6. The SMILES string of the molecule is CC(C)OC(=O)NC(C(N)=NO)C1CCCCC1. The Morgan fingerprint density at radius 2 is 2.00 bits per heavy atom. The molecule has 1 unspecified atom stereocenters.